The van der Waals surface area contributed by atoms with E-state index in [4.69, 9.17) is 4.74 Å². The van der Waals surface area contributed by atoms with Crippen LogP contribution in [-0.2, 0) is 11.3 Å². The number of nitrogens with one attached hydrogen (secondary N) is 1. The molecular formula is C17H18FN5O4. The molecule has 1 aliphatic heterocycles. The van der Waals surface area contributed by atoms with Crippen molar-refractivity contribution in [3.05, 3.63) is 30.1 Å². The smallest absolute Gasteiger partial charge is 0.312 e. The number of anilines is 1. The van der Waals surface area contributed by atoms with Crippen molar-refractivity contribution in [2.45, 2.75) is 32.0 Å². The molecule has 4 N–H and O–H groups in total. The third-order valence-corrected chi connectivity index (χ3v) is 4.45. The van der Waals surface area contributed by atoms with Gasteiger partial charge in [0, 0.05) is 13.2 Å². The van der Waals surface area contributed by atoms with Crippen LogP contribution in [0.15, 0.2) is 18.5 Å². The third kappa shape index (κ3) is 3.31. The first-order chi connectivity index (χ1) is 13.0. The molecule has 1 unspecified atom stereocenters. The summed E-state index contributed by atoms with van der Waals surface area (Å²) >= 11 is 0. The summed E-state index contributed by atoms with van der Waals surface area (Å²) in [5.41, 5.74) is 1.18. The number of ether oxygens (including phenoxy) is 1. The van der Waals surface area contributed by atoms with Crippen molar-refractivity contribution in [2.75, 3.05) is 11.9 Å². The fourth-order valence-corrected chi connectivity index (χ4v) is 3.12. The van der Waals surface area contributed by atoms with E-state index in [2.05, 4.69) is 20.3 Å². The fraction of sp³-hybridized carbons (Fsp3) is 0.353. The van der Waals surface area contributed by atoms with Crippen LogP contribution in [0.25, 0.3) is 11.2 Å². The molecule has 142 valence electrons. The summed E-state index contributed by atoms with van der Waals surface area (Å²) in [6.07, 6.45) is 3.21. The average Bonchev–Trinajstić information content (AvgIpc) is 3.08. The zero-order valence-corrected chi connectivity index (χ0v) is 14.3. The number of fused-ring (bicyclic) bond motifs is 1. The number of aromatic hydroxyl groups is 3. The van der Waals surface area contributed by atoms with Gasteiger partial charge in [-0.05, 0) is 37.0 Å². The number of aromatic nitrogens is 4. The number of rotatable bonds is 4. The minimum atomic E-state index is -0.904. The van der Waals surface area contributed by atoms with E-state index in [1.54, 1.807) is 10.9 Å². The van der Waals surface area contributed by atoms with Gasteiger partial charge in [-0.25, -0.2) is 4.98 Å². The Morgan fingerprint density at radius 1 is 1.19 bits per heavy atom. The second-order valence-electron chi connectivity index (χ2n) is 6.32. The summed E-state index contributed by atoms with van der Waals surface area (Å²) in [6.45, 7) is 0.747. The molecular weight excluding hydrogens is 357 g/mol. The highest BCUT2D eigenvalue weighted by Gasteiger charge is 2.21. The summed E-state index contributed by atoms with van der Waals surface area (Å²) in [5.74, 6) is -1.33. The highest BCUT2D eigenvalue weighted by Crippen LogP contribution is 2.35. The quantitative estimate of drug-likeness (QED) is 0.405. The van der Waals surface area contributed by atoms with Crippen LogP contribution in [0.1, 0.15) is 31.1 Å². The van der Waals surface area contributed by atoms with Gasteiger partial charge >= 0.3 is 6.08 Å². The van der Waals surface area contributed by atoms with Crippen LogP contribution in [0.4, 0.5) is 10.2 Å². The molecule has 1 fully saturated rings. The van der Waals surface area contributed by atoms with Gasteiger partial charge in [0.1, 0.15) is 6.23 Å². The van der Waals surface area contributed by atoms with Crippen LogP contribution < -0.4 is 5.32 Å². The van der Waals surface area contributed by atoms with E-state index in [0.717, 1.165) is 19.3 Å². The van der Waals surface area contributed by atoms with Crippen molar-refractivity contribution in [1.82, 2.24) is 19.5 Å². The number of imidazole rings is 1. The molecule has 1 atom stereocenters. The number of phenols is 3. The largest absolute Gasteiger partial charge is 0.504 e. The SMILES string of the molecule is Oc1cc(CNc2nc(F)nc3c2ncn3C2CCCCO2)cc(O)c1O. The number of nitrogens with zero attached hydrogens (tertiary/aromatic N) is 4. The van der Waals surface area contributed by atoms with Gasteiger partial charge in [-0.1, -0.05) is 0 Å². The Hall–Kier alpha value is -3.14. The van der Waals surface area contributed by atoms with Crippen molar-refractivity contribution >= 4 is 17.0 Å². The summed E-state index contributed by atoms with van der Waals surface area (Å²) < 4.78 is 21.4. The normalized spacial score (nSPS) is 17.3. The summed E-state index contributed by atoms with van der Waals surface area (Å²) in [6, 6.07) is 2.57. The van der Waals surface area contributed by atoms with E-state index in [9.17, 15) is 19.7 Å². The monoisotopic (exact) mass is 375 g/mol. The topological polar surface area (TPSA) is 126 Å². The van der Waals surface area contributed by atoms with E-state index in [1.807, 2.05) is 0 Å². The lowest BCUT2D eigenvalue weighted by Crippen LogP contribution is -2.18. The molecule has 3 aromatic rings. The molecule has 1 aliphatic rings. The molecule has 0 saturated carbocycles. The first-order valence-electron chi connectivity index (χ1n) is 8.52. The summed E-state index contributed by atoms with van der Waals surface area (Å²) in [4.78, 5) is 11.9. The minimum Gasteiger partial charge on any atom is -0.504 e. The lowest BCUT2D eigenvalue weighted by molar-refractivity contribution is -0.0298. The van der Waals surface area contributed by atoms with Crippen LogP contribution >= 0.6 is 0 Å². The molecule has 0 amide bonds. The molecule has 3 heterocycles. The first-order valence-corrected chi connectivity index (χ1v) is 8.52. The van der Waals surface area contributed by atoms with Gasteiger partial charge in [0.15, 0.2) is 34.2 Å². The molecule has 0 bridgehead atoms. The lowest BCUT2D eigenvalue weighted by Gasteiger charge is -2.23. The number of benzene rings is 1. The fourth-order valence-electron chi connectivity index (χ4n) is 3.12. The lowest BCUT2D eigenvalue weighted by atomic mass is 10.2. The van der Waals surface area contributed by atoms with Crippen LogP contribution in [0.3, 0.4) is 0 Å². The van der Waals surface area contributed by atoms with Crippen LogP contribution in [0.2, 0.25) is 0 Å². The van der Waals surface area contributed by atoms with Crippen molar-refractivity contribution in [1.29, 1.82) is 0 Å². The van der Waals surface area contributed by atoms with Crippen LogP contribution in [0.5, 0.6) is 17.2 Å². The molecule has 4 rings (SSSR count). The van der Waals surface area contributed by atoms with Gasteiger partial charge in [0.05, 0.1) is 6.33 Å². The van der Waals surface area contributed by atoms with Crippen LogP contribution in [-0.4, -0.2) is 41.4 Å². The van der Waals surface area contributed by atoms with Crippen molar-refractivity contribution in [3.63, 3.8) is 0 Å². The van der Waals surface area contributed by atoms with Crippen molar-refractivity contribution < 1.29 is 24.4 Å². The second kappa shape index (κ2) is 6.88. The molecule has 2 aromatic heterocycles. The molecule has 27 heavy (non-hydrogen) atoms. The second-order valence-corrected chi connectivity index (χ2v) is 6.32. The maximum absolute atomic E-state index is 14.0. The summed E-state index contributed by atoms with van der Waals surface area (Å²) in [7, 11) is 0. The maximum Gasteiger partial charge on any atom is 0.312 e. The number of hydrogen-bond donors (Lipinski definition) is 4. The molecule has 1 aromatic carbocycles. The Morgan fingerprint density at radius 2 is 1.96 bits per heavy atom. The van der Waals surface area contributed by atoms with Gasteiger partial charge in [-0.2, -0.15) is 14.4 Å². The van der Waals surface area contributed by atoms with Crippen LogP contribution in [0, 0.1) is 6.08 Å². The number of halogens is 1. The Labute approximate surface area is 153 Å². The predicted octanol–water partition coefficient (Wildman–Crippen LogP) is 2.39. The zero-order valence-electron chi connectivity index (χ0n) is 14.3. The Morgan fingerprint density at radius 3 is 2.67 bits per heavy atom. The van der Waals surface area contributed by atoms with E-state index in [0.29, 0.717) is 23.3 Å². The van der Waals surface area contributed by atoms with Gasteiger partial charge in [-0.3, -0.25) is 4.57 Å². The standard InChI is InChI=1S/C17H18FN5O4/c18-17-21-15(19-7-9-5-10(24)14(26)11(25)6-9)13-16(22-17)23(8-20-13)12-3-1-2-4-27-12/h5-6,8,12,24-26H,1-4,7H2,(H,19,21,22). The van der Waals surface area contributed by atoms with Gasteiger partial charge in [0.25, 0.3) is 0 Å². The van der Waals surface area contributed by atoms with Crippen molar-refractivity contribution in [3.8, 4) is 17.2 Å². The average molecular weight is 375 g/mol. The van der Waals surface area contributed by atoms with Gasteiger partial charge < -0.3 is 25.4 Å². The molecule has 10 heteroatoms. The highest BCUT2D eigenvalue weighted by atomic mass is 19.1. The molecule has 0 aliphatic carbocycles. The number of phenolic OH excluding ortho intramolecular Hbond substituents is 3. The first kappa shape index (κ1) is 17.3. The number of hydrogen-bond acceptors (Lipinski definition) is 8. The zero-order chi connectivity index (χ0) is 19.0. The van der Waals surface area contributed by atoms with Crippen molar-refractivity contribution in [2.24, 2.45) is 0 Å². The third-order valence-electron chi connectivity index (χ3n) is 4.45. The van der Waals surface area contributed by atoms with E-state index < -0.39 is 23.3 Å². The minimum absolute atomic E-state index is 0.111. The maximum atomic E-state index is 14.0. The van der Waals surface area contributed by atoms with Gasteiger partial charge in [0.2, 0.25) is 0 Å². The summed E-state index contributed by atoms with van der Waals surface area (Å²) in [5, 5.41) is 31.5. The van der Waals surface area contributed by atoms with E-state index in [1.165, 1.54) is 12.1 Å². The Bertz CT molecular complexity index is 964. The molecule has 0 spiro atoms. The van der Waals surface area contributed by atoms with E-state index in [-0.39, 0.29) is 18.6 Å². The molecule has 9 nitrogen and oxygen atoms in total. The molecule has 0 radical (unpaired) electrons. The highest BCUT2D eigenvalue weighted by molar-refractivity contribution is 5.82. The Balaban J connectivity index is 1.63. The molecule has 1 saturated heterocycles. The van der Waals surface area contributed by atoms with Gasteiger partial charge in [-0.15, -0.1) is 0 Å². The Kier molecular flexibility index (Phi) is 4.40. The predicted molar refractivity (Wildman–Crippen MR) is 92.9 cm³/mol. The van der Waals surface area contributed by atoms with E-state index >= 15 is 0 Å².